The van der Waals surface area contributed by atoms with Crippen LogP contribution in [-0.2, 0) is 10.0 Å². The molecule has 0 aliphatic heterocycles. The van der Waals surface area contributed by atoms with E-state index in [1.54, 1.807) is 20.8 Å². The minimum absolute atomic E-state index is 0.0212. The molecule has 0 heterocycles. The van der Waals surface area contributed by atoms with Crippen molar-refractivity contribution in [2.24, 2.45) is 11.7 Å². The van der Waals surface area contributed by atoms with Crippen molar-refractivity contribution in [2.75, 3.05) is 6.54 Å². The van der Waals surface area contributed by atoms with Crippen molar-refractivity contribution >= 4 is 10.0 Å². The summed E-state index contributed by atoms with van der Waals surface area (Å²) in [5, 5.41) is 0. The quantitative estimate of drug-likeness (QED) is 0.722. The minimum atomic E-state index is -3.23. The van der Waals surface area contributed by atoms with Crippen molar-refractivity contribution in [3.63, 3.8) is 0 Å². The summed E-state index contributed by atoms with van der Waals surface area (Å²) in [5.74, 6) is 0.526. The molecule has 14 heavy (non-hydrogen) atoms. The molecule has 1 aliphatic rings. The van der Waals surface area contributed by atoms with Crippen molar-refractivity contribution in [1.82, 2.24) is 4.72 Å². The number of sulfonamides is 1. The monoisotopic (exact) mass is 220 g/mol. The van der Waals surface area contributed by atoms with Gasteiger partial charge in [0.1, 0.15) is 0 Å². The molecule has 0 saturated heterocycles. The van der Waals surface area contributed by atoms with Gasteiger partial charge >= 0.3 is 0 Å². The van der Waals surface area contributed by atoms with Crippen LogP contribution in [0.3, 0.4) is 0 Å². The second kappa shape index (κ2) is 3.79. The predicted octanol–water partition coefficient (Wildman–Crippen LogP) is 0.442. The minimum Gasteiger partial charge on any atom is -0.326 e. The second-order valence-corrected chi connectivity index (χ2v) is 7.49. The van der Waals surface area contributed by atoms with Gasteiger partial charge in [-0.2, -0.15) is 0 Å². The van der Waals surface area contributed by atoms with E-state index in [9.17, 15) is 8.42 Å². The molecule has 0 aromatic heterocycles. The average Bonchev–Trinajstić information content (AvgIpc) is 2.80. The van der Waals surface area contributed by atoms with E-state index in [2.05, 4.69) is 4.72 Å². The fraction of sp³-hybridized carbons (Fsp3) is 1.00. The molecule has 1 rings (SSSR count). The van der Waals surface area contributed by atoms with Gasteiger partial charge in [-0.1, -0.05) is 0 Å². The summed E-state index contributed by atoms with van der Waals surface area (Å²) in [6, 6.07) is -0.0212. The number of nitrogens with two attached hydrogens (primary N) is 1. The van der Waals surface area contributed by atoms with Crippen molar-refractivity contribution in [3.8, 4) is 0 Å². The van der Waals surface area contributed by atoms with E-state index < -0.39 is 14.8 Å². The third-order valence-corrected chi connectivity index (χ3v) is 4.70. The Kier molecular flexibility index (Phi) is 3.23. The lowest BCUT2D eigenvalue weighted by atomic mass is 10.2. The average molecular weight is 220 g/mol. The molecule has 0 spiro atoms. The van der Waals surface area contributed by atoms with Crippen LogP contribution in [0.25, 0.3) is 0 Å². The van der Waals surface area contributed by atoms with Crippen LogP contribution in [0.2, 0.25) is 0 Å². The number of rotatable bonds is 4. The van der Waals surface area contributed by atoms with Crippen LogP contribution >= 0.6 is 0 Å². The maximum atomic E-state index is 11.6. The normalized spacial score (nSPS) is 20.9. The number of hydrogen-bond acceptors (Lipinski definition) is 3. The van der Waals surface area contributed by atoms with E-state index in [-0.39, 0.29) is 6.04 Å². The maximum absolute atomic E-state index is 11.6. The summed E-state index contributed by atoms with van der Waals surface area (Å²) in [6.45, 7) is 5.40. The van der Waals surface area contributed by atoms with Gasteiger partial charge in [0.25, 0.3) is 0 Å². The standard InChI is InChI=1S/C9H20N2O2S/c1-9(2,3)14(12,13)11-6-8(10)7-4-5-7/h7-8,11H,4-6,10H2,1-3H3. The zero-order valence-electron chi connectivity index (χ0n) is 9.08. The van der Waals surface area contributed by atoms with Gasteiger partial charge in [0.15, 0.2) is 0 Å². The van der Waals surface area contributed by atoms with Gasteiger partial charge in [-0.05, 0) is 39.5 Å². The van der Waals surface area contributed by atoms with Gasteiger partial charge in [0.2, 0.25) is 10.0 Å². The van der Waals surface area contributed by atoms with Crippen LogP contribution in [0.5, 0.6) is 0 Å². The summed E-state index contributed by atoms with van der Waals surface area (Å²) in [6.07, 6.45) is 2.27. The van der Waals surface area contributed by atoms with Crippen molar-refractivity contribution in [1.29, 1.82) is 0 Å². The fourth-order valence-corrected chi connectivity index (χ4v) is 1.96. The van der Waals surface area contributed by atoms with Crippen molar-refractivity contribution in [2.45, 2.75) is 44.4 Å². The Balaban J connectivity index is 2.43. The van der Waals surface area contributed by atoms with Crippen molar-refractivity contribution < 1.29 is 8.42 Å². The van der Waals surface area contributed by atoms with Gasteiger partial charge < -0.3 is 5.73 Å². The summed E-state index contributed by atoms with van der Waals surface area (Å²) in [7, 11) is -3.23. The topological polar surface area (TPSA) is 72.2 Å². The predicted molar refractivity (Wildman–Crippen MR) is 57.4 cm³/mol. The van der Waals surface area contributed by atoms with Crippen LogP contribution in [0, 0.1) is 5.92 Å². The Morgan fingerprint density at radius 3 is 2.29 bits per heavy atom. The Hall–Kier alpha value is -0.130. The first kappa shape index (κ1) is 11.9. The van der Waals surface area contributed by atoms with Crippen LogP contribution < -0.4 is 10.5 Å². The summed E-state index contributed by atoms with van der Waals surface area (Å²) in [5.41, 5.74) is 5.80. The maximum Gasteiger partial charge on any atom is 0.216 e. The second-order valence-electron chi connectivity index (χ2n) is 4.97. The van der Waals surface area contributed by atoms with Crippen LogP contribution in [-0.4, -0.2) is 25.8 Å². The molecule has 1 fully saturated rings. The molecular weight excluding hydrogens is 200 g/mol. The molecule has 0 amide bonds. The Labute approximate surface area is 86.3 Å². The Morgan fingerprint density at radius 1 is 1.43 bits per heavy atom. The molecule has 0 bridgehead atoms. The summed E-state index contributed by atoms with van der Waals surface area (Å²) >= 11 is 0. The third-order valence-electron chi connectivity index (χ3n) is 2.54. The first-order valence-electron chi connectivity index (χ1n) is 4.99. The molecule has 1 saturated carbocycles. The zero-order chi connectivity index (χ0) is 11.0. The van der Waals surface area contributed by atoms with Crippen LogP contribution in [0.4, 0.5) is 0 Å². The van der Waals surface area contributed by atoms with Crippen molar-refractivity contribution in [3.05, 3.63) is 0 Å². The largest absolute Gasteiger partial charge is 0.326 e. The van der Waals surface area contributed by atoms with Gasteiger partial charge in [-0.15, -0.1) is 0 Å². The van der Waals surface area contributed by atoms with Gasteiger partial charge in [-0.3, -0.25) is 0 Å². The molecule has 0 aromatic rings. The lowest BCUT2D eigenvalue weighted by molar-refractivity contribution is 0.523. The highest BCUT2D eigenvalue weighted by Gasteiger charge is 2.32. The molecule has 1 unspecified atom stereocenters. The van der Waals surface area contributed by atoms with E-state index in [1.165, 1.54) is 0 Å². The summed E-state index contributed by atoms with van der Waals surface area (Å²) < 4.78 is 25.1. The van der Waals surface area contributed by atoms with E-state index >= 15 is 0 Å². The SMILES string of the molecule is CC(C)(C)S(=O)(=O)NCC(N)C1CC1. The molecule has 1 atom stereocenters. The molecule has 0 aromatic carbocycles. The highest BCUT2D eigenvalue weighted by Crippen LogP contribution is 2.31. The van der Waals surface area contributed by atoms with Gasteiger partial charge in [0.05, 0.1) is 4.75 Å². The smallest absolute Gasteiger partial charge is 0.216 e. The molecule has 4 nitrogen and oxygen atoms in total. The highest BCUT2D eigenvalue weighted by molar-refractivity contribution is 7.90. The number of hydrogen-bond donors (Lipinski definition) is 2. The number of nitrogens with one attached hydrogen (secondary N) is 1. The molecular formula is C9H20N2O2S. The first-order valence-corrected chi connectivity index (χ1v) is 6.47. The van der Waals surface area contributed by atoms with Gasteiger partial charge in [-0.25, -0.2) is 13.1 Å². The van der Waals surface area contributed by atoms with E-state index in [0.717, 1.165) is 12.8 Å². The van der Waals surface area contributed by atoms with E-state index in [4.69, 9.17) is 5.73 Å². The Bertz CT molecular complexity index is 288. The van der Waals surface area contributed by atoms with E-state index in [0.29, 0.717) is 12.5 Å². The molecule has 5 heteroatoms. The van der Waals surface area contributed by atoms with Gasteiger partial charge in [0, 0.05) is 12.6 Å². The third kappa shape index (κ3) is 2.93. The summed E-state index contributed by atoms with van der Waals surface area (Å²) in [4.78, 5) is 0. The molecule has 3 N–H and O–H groups in total. The Morgan fingerprint density at radius 2 is 1.93 bits per heavy atom. The highest BCUT2D eigenvalue weighted by atomic mass is 32.2. The lowest BCUT2D eigenvalue weighted by Gasteiger charge is -2.21. The van der Waals surface area contributed by atoms with E-state index in [1.807, 2.05) is 0 Å². The first-order chi connectivity index (χ1) is 6.24. The molecule has 0 radical (unpaired) electrons. The molecule has 84 valence electrons. The fourth-order valence-electron chi connectivity index (χ4n) is 1.11. The van der Waals surface area contributed by atoms with Crippen LogP contribution in [0.1, 0.15) is 33.6 Å². The zero-order valence-corrected chi connectivity index (χ0v) is 9.89. The lowest BCUT2D eigenvalue weighted by Crippen LogP contribution is -2.45. The molecule has 1 aliphatic carbocycles. The van der Waals surface area contributed by atoms with Crippen LogP contribution in [0.15, 0.2) is 0 Å².